The molecule has 2 aliphatic rings. The average Bonchev–Trinajstić information content (AvgIpc) is 3.45. The van der Waals surface area contributed by atoms with E-state index >= 15 is 0 Å². The van der Waals surface area contributed by atoms with E-state index in [1.54, 1.807) is 6.20 Å². The normalized spacial score (nSPS) is 23.4. The fourth-order valence-electron chi connectivity index (χ4n) is 4.87. The number of fused-ring (bicyclic) bond motifs is 1. The number of halogens is 2. The van der Waals surface area contributed by atoms with E-state index < -0.39 is 0 Å². The highest BCUT2D eigenvalue weighted by Crippen LogP contribution is 2.43. The van der Waals surface area contributed by atoms with Crippen LogP contribution in [-0.2, 0) is 13.0 Å². The Balaban J connectivity index is 0.00000120. The zero-order chi connectivity index (χ0) is 18.1. The molecule has 5 rings (SSSR count). The molecule has 1 aromatic carbocycles. The molecule has 2 atom stereocenters. The van der Waals surface area contributed by atoms with E-state index in [0.29, 0.717) is 5.41 Å². The second-order valence-electron chi connectivity index (χ2n) is 8.08. The van der Waals surface area contributed by atoms with Crippen LogP contribution in [0.25, 0.3) is 11.5 Å². The second-order valence-corrected chi connectivity index (χ2v) is 8.08. The Morgan fingerprint density at radius 1 is 1.10 bits per heavy atom. The number of furan rings is 1. The number of rotatable bonds is 6. The zero-order valence-electron chi connectivity index (χ0n) is 16.3. The van der Waals surface area contributed by atoms with Gasteiger partial charge in [-0.15, -0.1) is 24.8 Å². The molecule has 2 aliphatic heterocycles. The molecular weight excluding hydrogens is 407 g/mol. The van der Waals surface area contributed by atoms with Crippen molar-refractivity contribution in [3.8, 4) is 11.5 Å². The Hall–Kier alpha value is -1.79. The van der Waals surface area contributed by atoms with Gasteiger partial charge < -0.3 is 9.73 Å². The fraction of sp³-hybridized carbons (Fsp3) is 0.409. The molecule has 5 nitrogen and oxygen atoms in total. The maximum atomic E-state index is 6.05. The number of nitrogens with zero attached hydrogens (tertiary/aromatic N) is 2. The SMILES string of the molecule is Cl.Cl.c1ccc(CCC23CNCC2CN(Cc2ccc(-c4ccn[nH]4)o2)C3)cc1. The van der Waals surface area contributed by atoms with Gasteiger partial charge >= 0.3 is 0 Å². The lowest BCUT2D eigenvalue weighted by Crippen LogP contribution is -2.33. The van der Waals surface area contributed by atoms with Crippen LogP contribution in [0.1, 0.15) is 17.7 Å². The molecule has 0 bridgehead atoms. The number of aromatic nitrogens is 2. The van der Waals surface area contributed by atoms with Gasteiger partial charge in [-0.05, 0) is 49.1 Å². The molecular formula is C22H28Cl2N4O. The topological polar surface area (TPSA) is 57.1 Å². The predicted octanol–water partition coefficient (Wildman–Crippen LogP) is 4.17. The van der Waals surface area contributed by atoms with Gasteiger partial charge in [-0.2, -0.15) is 5.10 Å². The Bertz CT molecular complexity index is 883. The molecule has 3 aromatic rings. The third kappa shape index (κ3) is 4.53. The van der Waals surface area contributed by atoms with Gasteiger partial charge in [0.1, 0.15) is 11.5 Å². The molecule has 156 valence electrons. The number of benzene rings is 1. The highest BCUT2D eigenvalue weighted by molar-refractivity contribution is 5.85. The first-order chi connectivity index (χ1) is 13.3. The third-order valence-electron chi connectivity index (χ3n) is 6.31. The van der Waals surface area contributed by atoms with E-state index in [-0.39, 0.29) is 24.8 Å². The monoisotopic (exact) mass is 434 g/mol. The van der Waals surface area contributed by atoms with Crippen molar-refractivity contribution in [3.05, 3.63) is 66.1 Å². The Labute approximate surface area is 184 Å². The summed E-state index contributed by atoms with van der Waals surface area (Å²) in [6, 6.07) is 17.0. The van der Waals surface area contributed by atoms with Crippen molar-refractivity contribution in [1.29, 1.82) is 0 Å². The average molecular weight is 435 g/mol. The number of hydrogen-bond donors (Lipinski definition) is 2. The first-order valence-corrected chi connectivity index (χ1v) is 9.86. The van der Waals surface area contributed by atoms with Crippen LogP contribution in [0.15, 0.2) is 59.1 Å². The smallest absolute Gasteiger partial charge is 0.152 e. The van der Waals surface area contributed by atoms with Gasteiger partial charge in [-0.3, -0.25) is 10.00 Å². The van der Waals surface area contributed by atoms with Gasteiger partial charge in [0, 0.05) is 31.2 Å². The lowest BCUT2D eigenvalue weighted by molar-refractivity contribution is 0.228. The summed E-state index contributed by atoms with van der Waals surface area (Å²) in [5.74, 6) is 2.64. The molecule has 0 aliphatic carbocycles. The minimum absolute atomic E-state index is 0. The number of aryl methyl sites for hydroxylation is 1. The number of likely N-dealkylation sites (tertiary alicyclic amines) is 1. The second kappa shape index (κ2) is 9.35. The summed E-state index contributed by atoms with van der Waals surface area (Å²) >= 11 is 0. The Kier molecular flexibility index (Phi) is 7.06. The van der Waals surface area contributed by atoms with E-state index in [1.807, 2.05) is 12.1 Å². The van der Waals surface area contributed by atoms with Gasteiger partial charge in [0.05, 0.1) is 6.54 Å². The van der Waals surface area contributed by atoms with Gasteiger partial charge in [-0.25, -0.2) is 0 Å². The number of nitrogens with one attached hydrogen (secondary N) is 2. The van der Waals surface area contributed by atoms with Crippen LogP contribution in [-0.4, -0.2) is 41.3 Å². The van der Waals surface area contributed by atoms with E-state index in [0.717, 1.165) is 62.3 Å². The van der Waals surface area contributed by atoms with Crippen molar-refractivity contribution in [2.75, 3.05) is 26.2 Å². The largest absolute Gasteiger partial charge is 0.458 e. The molecule has 7 heteroatoms. The minimum atomic E-state index is 0. The van der Waals surface area contributed by atoms with Gasteiger partial charge in [0.2, 0.25) is 0 Å². The molecule has 2 unspecified atom stereocenters. The molecule has 29 heavy (non-hydrogen) atoms. The summed E-state index contributed by atoms with van der Waals surface area (Å²) in [6.07, 6.45) is 4.17. The Morgan fingerprint density at radius 3 is 2.76 bits per heavy atom. The highest BCUT2D eigenvalue weighted by Gasteiger charge is 2.48. The number of H-pyrrole nitrogens is 1. The summed E-state index contributed by atoms with van der Waals surface area (Å²) in [6.45, 7) is 5.47. The van der Waals surface area contributed by atoms with Crippen LogP contribution in [0.4, 0.5) is 0 Å². The quantitative estimate of drug-likeness (QED) is 0.611. The molecule has 0 spiro atoms. The van der Waals surface area contributed by atoms with Gasteiger partial charge in [-0.1, -0.05) is 30.3 Å². The first-order valence-electron chi connectivity index (χ1n) is 9.86. The maximum Gasteiger partial charge on any atom is 0.152 e. The van der Waals surface area contributed by atoms with Crippen molar-refractivity contribution in [1.82, 2.24) is 20.4 Å². The van der Waals surface area contributed by atoms with Gasteiger partial charge in [0.25, 0.3) is 0 Å². The fourth-order valence-corrected chi connectivity index (χ4v) is 4.87. The predicted molar refractivity (Wildman–Crippen MR) is 120 cm³/mol. The molecule has 0 amide bonds. The summed E-state index contributed by atoms with van der Waals surface area (Å²) in [4.78, 5) is 2.58. The van der Waals surface area contributed by atoms with Crippen LogP contribution in [0.3, 0.4) is 0 Å². The van der Waals surface area contributed by atoms with E-state index in [9.17, 15) is 0 Å². The molecule has 0 saturated carbocycles. The first kappa shape index (κ1) is 21.9. The lowest BCUT2D eigenvalue weighted by Gasteiger charge is -2.28. The third-order valence-corrected chi connectivity index (χ3v) is 6.31. The van der Waals surface area contributed by atoms with Crippen LogP contribution in [0, 0.1) is 11.3 Å². The van der Waals surface area contributed by atoms with Gasteiger partial charge in [0.15, 0.2) is 5.76 Å². The molecule has 2 fully saturated rings. The van der Waals surface area contributed by atoms with Crippen LogP contribution < -0.4 is 5.32 Å². The van der Waals surface area contributed by atoms with Crippen molar-refractivity contribution in [2.24, 2.45) is 11.3 Å². The zero-order valence-corrected chi connectivity index (χ0v) is 18.0. The van der Waals surface area contributed by atoms with E-state index in [1.165, 1.54) is 12.0 Å². The molecule has 2 saturated heterocycles. The minimum Gasteiger partial charge on any atom is -0.458 e. The van der Waals surface area contributed by atoms with Crippen LogP contribution in [0.5, 0.6) is 0 Å². The maximum absolute atomic E-state index is 6.05. The summed E-state index contributed by atoms with van der Waals surface area (Å²) in [5.41, 5.74) is 2.78. The number of hydrogen-bond acceptors (Lipinski definition) is 4. The Morgan fingerprint density at radius 2 is 1.97 bits per heavy atom. The van der Waals surface area contributed by atoms with Crippen molar-refractivity contribution >= 4 is 24.8 Å². The van der Waals surface area contributed by atoms with Crippen molar-refractivity contribution < 1.29 is 4.42 Å². The molecule has 2 N–H and O–H groups in total. The van der Waals surface area contributed by atoms with Crippen LogP contribution >= 0.6 is 24.8 Å². The van der Waals surface area contributed by atoms with Crippen molar-refractivity contribution in [2.45, 2.75) is 19.4 Å². The van der Waals surface area contributed by atoms with Crippen LogP contribution in [0.2, 0.25) is 0 Å². The number of aromatic amines is 1. The summed E-state index contributed by atoms with van der Waals surface area (Å²) < 4.78 is 6.05. The highest BCUT2D eigenvalue weighted by atomic mass is 35.5. The summed E-state index contributed by atoms with van der Waals surface area (Å²) in [5, 5.41) is 10.6. The summed E-state index contributed by atoms with van der Waals surface area (Å²) in [7, 11) is 0. The molecule has 0 radical (unpaired) electrons. The van der Waals surface area contributed by atoms with E-state index in [4.69, 9.17) is 4.42 Å². The molecule has 2 aromatic heterocycles. The van der Waals surface area contributed by atoms with E-state index in [2.05, 4.69) is 56.8 Å². The lowest BCUT2D eigenvalue weighted by atomic mass is 9.76. The molecule has 4 heterocycles. The van der Waals surface area contributed by atoms with Crippen molar-refractivity contribution in [3.63, 3.8) is 0 Å². The standard InChI is InChI=1S/C22H26N4O.2ClH/c1-2-4-17(5-3-1)8-10-22-15-23-12-18(22)13-26(16-22)14-19-6-7-21(27-19)20-9-11-24-25-20;;/h1-7,9,11,18,23H,8,10,12-16H2,(H,24,25);2*1H.